The second kappa shape index (κ2) is 7.99. The van der Waals surface area contributed by atoms with Gasteiger partial charge in [0.15, 0.2) is 0 Å². The molecule has 0 saturated carbocycles. The number of methoxy groups -OCH3 is 2. The maximum atomic E-state index is 12.6. The highest BCUT2D eigenvalue weighted by molar-refractivity contribution is 6.02. The van der Waals surface area contributed by atoms with Gasteiger partial charge in [0, 0.05) is 18.3 Å². The van der Waals surface area contributed by atoms with Crippen molar-refractivity contribution in [3.05, 3.63) is 48.0 Å². The monoisotopic (exact) mass is 369 g/mol. The van der Waals surface area contributed by atoms with Crippen LogP contribution in [-0.4, -0.2) is 38.7 Å². The summed E-state index contributed by atoms with van der Waals surface area (Å²) in [4.78, 5) is 26.7. The average Bonchev–Trinajstić information content (AvgIpc) is 3.02. The van der Waals surface area contributed by atoms with Gasteiger partial charge in [-0.1, -0.05) is 17.7 Å². The van der Waals surface area contributed by atoms with E-state index in [1.54, 1.807) is 30.2 Å². The Hall–Kier alpha value is -3.22. The highest BCUT2D eigenvalue weighted by Crippen LogP contribution is 2.29. The highest BCUT2D eigenvalue weighted by Gasteiger charge is 2.33. The van der Waals surface area contributed by atoms with Crippen LogP contribution in [0.2, 0.25) is 0 Å². The molecule has 7 heteroatoms. The summed E-state index contributed by atoms with van der Waals surface area (Å²) in [6.07, 6.45) is 0.551. The molecule has 0 aliphatic carbocycles. The van der Waals surface area contributed by atoms with Crippen molar-refractivity contribution in [2.24, 2.45) is 0 Å². The summed E-state index contributed by atoms with van der Waals surface area (Å²) in [5, 5.41) is 5.46. The van der Waals surface area contributed by atoms with Gasteiger partial charge in [-0.25, -0.2) is 4.79 Å². The van der Waals surface area contributed by atoms with Crippen molar-refractivity contribution in [2.45, 2.75) is 19.4 Å². The van der Waals surface area contributed by atoms with E-state index >= 15 is 0 Å². The van der Waals surface area contributed by atoms with Crippen LogP contribution >= 0.6 is 0 Å². The van der Waals surface area contributed by atoms with E-state index in [9.17, 15) is 9.59 Å². The van der Waals surface area contributed by atoms with Gasteiger partial charge in [-0.2, -0.15) is 0 Å². The Morgan fingerprint density at radius 2 is 1.85 bits per heavy atom. The molecule has 0 aromatic heterocycles. The van der Waals surface area contributed by atoms with Crippen LogP contribution in [0.1, 0.15) is 12.0 Å². The summed E-state index contributed by atoms with van der Waals surface area (Å²) in [5.41, 5.74) is 2.44. The fourth-order valence-corrected chi connectivity index (χ4v) is 3.02. The number of ether oxygens (including phenoxy) is 2. The number of hydrogen-bond donors (Lipinski definition) is 2. The molecule has 1 aliphatic heterocycles. The van der Waals surface area contributed by atoms with Gasteiger partial charge in [0.2, 0.25) is 5.91 Å². The first-order valence-electron chi connectivity index (χ1n) is 8.69. The lowest BCUT2D eigenvalue weighted by molar-refractivity contribution is -0.118. The molecule has 2 aromatic rings. The van der Waals surface area contributed by atoms with E-state index in [1.165, 1.54) is 7.11 Å². The molecule has 1 saturated heterocycles. The number of rotatable bonds is 5. The Morgan fingerprint density at radius 1 is 1.11 bits per heavy atom. The Labute approximate surface area is 158 Å². The maximum Gasteiger partial charge on any atom is 0.319 e. The molecule has 1 fully saturated rings. The van der Waals surface area contributed by atoms with E-state index in [2.05, 4.69) is 10.6 Å². The molecule has 1 atom stereocenters. The maximum absolute atomic E-state index is 12.6. The van der Waals surface area contributed by atoms with Crippen LogP contribution in [0.5, 0.6) is 11.5 Å². The van der Waals surface area contributed by atoms with Gasteiger partial charge < -0.3 is 25.0 Å². The molecule has 2 aromatic carbocycles. The van der Waals surface area contributed by atoms with Gasteiger partial charge in [-0.15, -0.1) is 0 Å². The normalized spacial score (nSPS) is 16.2. The summed E-state index contributed by atoms with van der Waals surface area (Å²) >= 11 is 0. The molecule has 3 rings (SSSR count). The largest absolute Gasteiger partial charge is 0.497 e. The van der Waals surface area contributed by atoms with Gasteiger partial charge in [0.25, 0.3) is 0 Å². The second-order valence-electron chi connectivity index (χ2n) is 6.33. The van der Waals surface area contributed by atoms with Gasteiger partial charge >= 0.3 is 6.03 Å². The summed E-state index contributed by atoms with van der Waals surface area (Å²) in [6.45, 7) is 2.56. The Kier molecular flexibility index (Phi) is 5.49. The van der Waals surface area contributed by atoms with Crippen molar-refractivity contribution in [1.82, 2.24) is 5.32 Å². The quantitative estimate of drug-likeness (QED) is 0.849. The van der Waals surface area contributed by atoms with Gasteiger partial charge in [0.1, 0.15) is 17.5 Å². The van der Waals surface area contributed by atoms with E-state index in [-0.39, 0.29) is 5.91 Å². The van der Waals surface area contributed by atoms with Gasteiger partial charge in [0.05, 0.1) is 19.9 Å². The van der Waals surface area contributed by atoms with Crippen molar-refractivity contribution in [3.63, 3.8) is 0 Å². The number of carbonyl (C=O) groups is 2. The SMILES string of the molecule is COc1ccc(OC)c(NC(=O)N[C@H]2CCN(c3ccc(C)cc3)C2=O)c1. The lowest BCUT2D eigenvalue weighted by Gasteiger charge is -2.18. The van der Waals surface area contributed by atoms with Crippen molar-refractivity contribution in [2.75, 3.05) is 31.0 Å². The predicted octanol–water partition coefficient (Wildman–Crippen LogP) is 2.94. The van der Waals surface area contributed by atoms with E-state index in [1.807, 2.05) is 31.2 Å². The number of nitrogens with one attached hydrogen (secondary N) is 2. The van der Waals surface area contributed by atoms with Crippen LogP contribution in [0.4, 0.5) is 16.2 Å². The van der Waals surface area contributed by atoms with Crippen LogP contribution < -0.4 is 25.0 Å². The zero-order valence-electron chi connectivity index (χ0n) is 15.6. The third kappa shape index (κ3) is 4.13. The van der Waals surface area contributed by atoms with Crippen LogP contribution in [0, 0.1) is 6.92 Å². The lowest BCUT2D eigenvalue weighted by atomic mass is 10.2. The topological polar surface area (TPSA) is 79.9 Å². The van der Waals surface area contributed by atoms with E-state index in [0.29, 0.717) is 30.2 Å². The number of benzene rings is 2. The summed E-state index contributed by atoms with van der Waals surface area (Å²) < 4.78 is 10.4. The Balaban J connectivity index is 1.65. The number of aryl methyl sites for hydroxylation is 1. The predicted molar refractivity (Wildman–Crippen MR) is 104 cm³/mol. The summed E-state index contributed by atoms with van der Waals surface area (Å²) in [5.74, 6) is 0.977. The van der Waals surface area contributed by atoms with Crippen LogP contribution in [0.15, 0.2) is 42.5 Å². The Morgan fingerprint density at radius 3 is 2.52 bits per heavy atom. The van der Waals surface area contributed by atoms with Crippen LogP contribution in [-0.2, 0) is 4.79 Å². The molecular formula is C20H23N3O4. The zero-order chi connectivity index (χ0) is 19.4. The number of urea groups is 1. The number of hydrogen-bond acceptors (Lipinski definition) is 4. The molecule has 27 heavy (non-hydrogen) atoms. The van der Waals surface area contributed by atoms with Crippen LogP contribution in [0.25, 0.3) is 0 Å². The van der Waals surface area contributed by atoms with Crippen molar-refractivity contribution in [1.29, 1.82) is 0 Å². The molecule has 0 bridgehead atoms. The molecule has 0 unspecified atom stereocenters. The zero-order valence-corrected chi connectivity index (χ0v) is 15.6. The molecule has 1 heterocycles. The fraction of sp³-hybridized carbons (Fsp3) is 0.300. The van der Waals surface area contributed by atoms with Gasteiger partial charge in [-0.05, 0) is 37.6 Å². The summed E-state index contributed by atoms with van der Waals surface area (Å²) in [7, 11) is 3.06. The van der Waals surface area contributed by atoms with E-state index < -0.39 is 12.1 Å². The van der Waals surface area contributed by atoms with Crippen molar-refractivity contribution in [3.8, 4) is 11.5 Å². The number of nitrogens with zero attached hydrogens (tertiary/aromatic N) is 1. The summed E-state index contributed by atoms with van der Waals surface area (Å²) in [6, 6.07) is 11.8. The van der Waals surface area contributed by atoms with Crippen LogP contribution in [0.3, 0.4) is 0 Å². The fourth-order valence-electron chi connectivity index (χ4n) is 3.02. The molecular weight excluding hydrogens is 346 g/mol. The first-order valence-corrected chi connectivity index (χ1v) is 8.69. The number of anilines is 2. The third-order valence-corrected chi connectivity index (χ3v) is 4.51. The molecule has 142 valence electrons. The molecule has 0 radical (unpaired) electrons. The minimum atomic E-state index is -0.567. The van der Waals surface area contributed by atoms with Crippen molar-refractivity contribution >= 4 is 23.3 Å². The molecule has 1 aliphatic rings. The molecule has 2 N–H and O–H groups in total. The smallest absolute Gasteiger partial charge is 0.319 e. The van der Waals surface area contributed by atoms with Crippen molar-refractivity contribution < 1.29 is 19.1 Å². The third-order valence-electron chi connectivity index (χ3n) is 4.51. The highest BCUT2D eigenvalue weighted by atomic mass is 16.5. The second-order valence-corrected chi connectivity index (χ2v) is 6.33. The standard InChI is InChI=1S/C20H23N3O4/c1-13-4-6-14(7-5-13)23-11-10-16(19(23)24)21-20(25)22-17-12-15(26-2)8-9-18(17)27-3/h4-9,12,16H,10-11H2,1-3H3,(H2,21,22,25)/t16-/m0/s1. The number of amides is 3. The van der Waals surface area contributed by atoms with Gasteiger partial charge in [-0.3, -0.25) is 4.79 Å². The average molecular weight is 369 g/mol. The lowest BCUT2D eigenvalue weighted by Crippen LogP contribution is -2.43. The minimum absolute atomic E-state index is 0.119. The molecule has 3 amide bonds. The first-order chi connectivity index (χ1) is 13.0. The minimum Gasteiger partial charge on any atom is -0.497 e. The molecule has 0 spiro atoms. The number of carbonyl (C=O) groups excluding carboxylic acids is 2. The van der Waals surface area contributed by atoms with E-state index in [0.717, 1.165) is 11.3 Å². The van der Waals surface area contributed by atoms with E-state index in [4.69, 9.17) is 9.47 Å². The Bertz CT molecular complexity index is 836. The first kappa shape index (κ1) is 18.6. The molecule has 7 nitrogen and oxygen atoms in total.